The second kappa shape index (κ2) is 8.52. The fourth-order valence-electron chi connectivity index (χ4n) is 4.05. The number of rotatable bonds is 7. The van der Waals surface area contributed by atoms with Crippen LogP contribution in [-0.4, -0.2) is 72.7 Å². The molecule has 2 saturated heterocycles. The molecule has 3 aliphatic rings. The summed E-state index contributed by atoms with van der Waals surface area (Å²) in [6.45, 7) is 5.57. The number of morpholine rings is 1. The van der Waals surface area contributed by atoms with Crippen molar-refractivity contribution in [2.75, 3.05) is 51.2 Å². The van der Waals surface area contributed by atoms with E-state index in [1.807, 2.05) is 4.90 Å². The van der Waals surface area contributed by atoms with Crippen molar-refractivity contribution in [3.05, 3.63) is 24.3 Å². The van der Waals surface area contributed by atoms with Gasteiger partial charge in [-0.05, 0) is 56.7 Å². The molecule has 1 N–H and O–H groups in total. The number of amides is 1. The zero-order valence-corrected chi connectivity index (χ0v) is 15.8. The lowest BCUT2D eigenvalue weighted by Crippen LogP contribution is -2.51. The van der Waals surface area contributed by atoms with Gasteiger partial charge in [0.1, 0.15) is 6.61 Å². The van der Waals surface area contributed by atoms with E-state index in [4.69, 9.17) is 4.74 Å². The molecule has 27 heavy (non-hydrogen) atoms. The Labute approximate surface area is 160 Å². The highest BCUT2D eigenvalue weighted by atomic mass is 19.1. The number of anilines is 1. The van der Waals surface area contributed by atoms with E-state index in [9.17, 15) is 9.18 Å². The summed E-state index contributed by atoms with van der Waals surface area (Å²) < 4.78 is 19.3. The van der Waals surface area contributed by atoms with Crippen LogP contribution in [0.5, 0.6) is 0 Å². The van der Waals surface area contributed by atoms with Crippen molar-refractivity contribution in [1.82, 2.24) is 14.8 Å². The summed E-state index contributed by atoms with van der Waals surface area (Å²) in [4.78, 5) is 20.5. The van der Waals surface area contributed by atoms with E-state index >= 15 is 0 Å². The van der Waals surface area contributed by atoms with E-state index in [-0.39, 0.29) is 24.4 Å². The van der Waals surface area contributed by atoms with Crippen LogP contribution in [-0.2, 0) is 9.53 Å². The predicted molar refractivity (Wildman–Crippen MR) is 101 cm³/mol. The number of ether oxygens (including phenoxy) is 1. The normalized spacial score (nSPS) is 25.0. The third-order valence-electron chi connectivity index (χ3n) is 5.91. The van der Waals surface area contributed by atoms with Crippen molar-refractivity contribution in [1.29, 1.82) is 0 Å². The average molecular weight is 376 g/mol. The lowest BCUT2D eigenvalue weighted by atomic mass is 9.95. The highest BCUT2D eigenvalue weighted by Gasteiger charge is 2.31. The summed E-state index contributed by atoms with van der Waals surface area (Å²) in [5.41, 5.74) is 0.417. The van der Waals surface area contributed by atoms with Gasteiger partial charge in [-0.3, -0.25) is 9.78 Å². The molecule has 148 valence electrons. The minimum atomic E-state index is -0.376. The van der Waals surface area contributed by atoms with Crippen molar-refractivity contribution in [3.8, 4) is 0 Å². The van der Waals surface area contributed by atoms with Gasteiger partial charge in [-0.15, -0.1) is 0 Å². The Hall–Kier alpha value is -1.73. The third kappa shape index (κ3) is 5.17. The van der Waals surface area contributed by atoms with E-state index in [1.54, 1.807) is 12.3 Å². The monoisotopic (exact) mass is 376 g/mol. The molecule has 1 aliphatic carbocycles. The van der Waals surface area contributed by atoms with Crippen LogP contribution in [0.25, 0.3) is 0 Å². The van der Waals surface area contributed by atoms with Crippen LogP contribution in [0.1, 0.15) is 25.7 Å². The molecule has 0 radical (unpaired) electrons. The highest BCUT2D eigenvalue weighted by molar-refractivity contribution is 5.78. The smallest absolute Gasteiger partial charge is 0.248 e. The topological polar surface area (TPSA) is 57.7 Å². The molecule has 1 aromatic heterocycles. The zero-order chi connectivity index (χ0) is 18.6. The molecule has 1 amide bonds. The Balaban J connectivity index is 1.23. The van der Waals surface area contributed by atoms with Gasteiger partial charge in [0.05, 0.1) is 18.0 Å². The predicted octanol–water partition coefficient (Wildman–Crippen LogP) is 1.98. The molecule has 4 rings (SSSR count). The number of nitrogens with zero attached hydrogens (tertiary/aromatic N) is 3. The maximum absolute atomic E-state index is 13.7. The first-order valence-electron chi connectivity index (χ1n) is 10.1. The lowest BCUT2D eigenvalue weighted by Gasteiger charge is -2.38. The zero-order valence-electron chi connectivity index (χ0n) is 15.8. The van der Waals surface area contributed by atoms with Gasteiger partial charge in [0, 0.05) is 32.4 Å². The van der Waals surface area contributed by atoms with Gasteiger partial charge in [-0.25, -0.2) is 4.39 Å². The van der Waals surface area contributed by atoms with E-state index < -0.39 is 0 Å². The average Bonchev–Trinajstić information content (AvgIpc) is 3.49. The van der Waals surface area contributed by atoms with Crippen molar-refractivity contribution >= 4 is 11.6 Å². The Kier molecular flexibility index (Phi) is 5.88. The molecular formula is C20H29FN4O2. The van der Waals surface area contributed by atoms with Crippen LogP contribution in [0.15, 0.2) is 18.5 Å². The second-order valence-electron chi connectivity index (χ2n) is 8.16. The molecule has 7 heteroatoms. The van der Waals surface area contributed by atoms with Crippen LogP contribution in [0.3, 0.4) is 0 Å². The number of halogens is 1. The number of piperidine rings is 1. The number of carbonyl (C=O) groups is 1. The number of hydrogen-bond donors (Lipinski definition) is 1. The summed E-state index contributed by atoms with van der Waals surface area (Å²) in [5.74, 6) is 1.22. The van der Waals surface area contributed by atoms with Crippen molar-refractivity contribution in [2.45, 2.75) is 31.8 Å². The molecule has 0 aromatic carbocycles. The first kappa shape index (κ1) is 18.6. The number of likely N-dealkylation sites (tertiary alicyclic amines) is 1. The van der Waals surface area contributed by atoms with E-state index in [2.05, 4.69) is 15.2 Å². The number of aromatic nitrogens is 1. The molecule has 1 aromatic rings. The Morgan fingerprint density at radius 1 is 1.19 bits per heavy atom. The third-order valence-corrected chi connectivity index (χ3v) is 5.91. The number of carbonyl (C=O) groups excluding carboxylic acids is 1. The van der Waals surface area contributed by atoms with Crippen molar-refractivity contribution in [3.63, 3.8) is 0 Å². The maximum atomic E-state index is 13.7. The van der Waals surface area contributed by atoms with Crippen LogP contribution in [0.4, 0.5) is 10.1 Å². The van der Waals surface area contributed by atoms with Gasteiger partial charge in [-0.1, -0.05) is 0 Å². The van der Waals surface area contributed by atoms with E-state index in [1.165, 1.54) is 38.4 Å². The molecule has 0 spiro atoms. The minimum absolute atomic E-state index is 0.0711. The Bertz CT molecular complexity index is 647. The van der Waals surface area contributed by atoms with Gasteiger partial charge in [0.2, 0.25) is 5.91 Å². The molecule has 3 heterocycles. The summed E-state index contributed by atoms with van der Waals surface area (Å²) >= 11 is 0. The summed E-state index contributed by atoms with van der Waals surface area (Å²) in [6, 6.07) is 1.61. The van der Waals surface area contributed by atoms with Crippen LogP contribution in [0, 0.1) is 17.7 Å². The van der Waals surface area contributed by atoms with Crippen LogP contribution < -0.4 is 5.32 Å². The molecule has 1 saturated carbocycles. The fourth-order valence-corrected chi connectivity index (χ4v) is 4.05. The van der Waals surface area contributed by atoms with Gasteiger partial charge in [-0.2, -0.15) is 0 Å². The first-order chi connectivity index (χ1) is 13.2. The van der Waals surface area contributed by atoms with Crippen LogP contribution in [0.2, 0.25) is 0 Å². The van der Waals surface area contributed by atoms with Gasteiger partial charge < -0.3 is 19.9 Å². The van der Waals surface area contributed by atoms with Gasteiger partial charge >= 0.3 is 0 Å². The van der Waals surface area contributed by atoms with E-state index in [0.717, 1.165) is 25.6 Å². The molecule has 0 unspecified atom stereocenters. The number of hydrogen-bond acceptors (Lipinski definition) is 5. The van der Waals surface area contributed by atoms with Crippen molar-refractivity contribution < 1.29 is 13.9 Å². The van der Waals surface area contributed by atoms with Crippen LogP contribution >= 0.6 is 0 Å². The van der Waals surface area contributed by atoms with Gasteiger partial charge in [0.15, 0.2) is 5.82 Å². The summed E-state index contributed by atoms with van der Waals surface area (Å²) in [7, 11) is 0. The molecule has 3 fully saturated rings. The van der Waals surface area contributed by atoms with E-state index in [0.29, 0.717) is 24.7 Å². The summed E-state index contributed by atoms with van der Waals surface area (Å²) in [5, 5.41) is 3.07. The molecular weight excluding hydrogens is 347 g/mol. The van der Waals surface area contributed by atoms with Crippen molar-refractivity contribution in [2.24, 2.45) is 11.8 Å². The second-order valence-corrected chi connectivity index (χ2v) is 8.16. The molecule has 1 atom stereocenters. The standard InChI is InChI=1S/C20H29FN4O2/c21-18-10-22-6-3-19(18)23-9-17-13-25(20(26)14-27-17)12-16-4-7-24(8-5-16)11-15-1-2-15/h3,6,10,15-17H,1-2,4-5,7-9,11-14H2,(H,22,23)/t17-/m1/s1. The first-order valence-corrected chi connectivity index (χ1v) is 10.1. The van der Waals surface area contributed by atoms with Gasteiger partial charge in [0.25, 0.3) is 0 Å². The quantitative estimate of drug-likeness (QED) is 0.789. The minimum Gasteiger partial charge on any atom is -0.380 e. The summed E-state index contributed by atoms with van der Waals surface area (Å²) in [6.07, 6.45) is 7.77. The Morgan fingerprint density at radius 3 is 2.70 bits per heavy atom. The molecule has 2 aliphatic heterocycles. The molecule has 6 nitrogen and oxygen atoms in total. The highest BCUT2D eigenvalue weighted by Crippen LogP contribution is 2.31. The lowest BCUT2D eigenvalue weighted by molar-refractivity contribution is -0.149. The largest absolute Gasteiger partial charge is 0.380 e. The number of pyridine rings is 1. The Morgan fingerprint density at radius 2 is 1.96 bits per heavy atom. The molecule has 0 bridgehead atoms. The number of nitrogens with one attached hydrogen (secondary N) is 1. The SMILES string of the molecule is O=C1CO[C@H](CNc2ccncc2F)CN1CC1CCN(CC2CC2)CC1. The fraction of sp³-hybridized carbons (Fsp3) is 0.700. The maximum Gasteiger partial charge on any atom is 0.248 e.